The first-order chi connectivity index (χ1) is 57.3. The van der Waals surface area contributed by atoms with Gasteiger partial charge in [-0.3, -0.25) is 19.2 Å². The van der Waals surface area contributed by atoms with Crippen molar-refractivity contribution >= 4 is 157 Å². The Kier molecular flexibility index (Phi) is 27.3. The molecule has 4 aromatic carbocycles. The van der Waals surface area contributed by atoms with Gasteiger partial charge in [-0.25, -0.2) is 0 Å². The molecule has 0 aliphatic carbocycles. The number of carbonyl (C=O) groups is 4. The van der Waals surface area contributed by atoms with Crippen LogP contribution in [0.15, 0.2) is 142 Å². The van der Waals surface area contributed by atoms with Gasteiger partial charge in [0.05, 0.1) is 81.1 Å². The molecule has 4 atom stereocenters. The molecule has 0 N–H and O–H groups in total. The van der Waals surface area contributed by atoms with Crippen LogP contribution in [-0.2, 0) is 38.8 Å². The van der Waals surface area contributed by atoms with Crippen molar-refractivity contribution in [3.63, 3.8) is 0 Å². The molecule has 11 nitrogen and oxygen atoms in total. The molecule has 4 amide bonds. The molecule has 618 valence electrons. The van der Waals surface area contributed by atoms with E-state index in [1.807, 2.05) is 19.6 Å². The second-order valence-corrected chi connectivity index (χ2v) is 38.4. The van der Waals surface area contributed by atoms with Crippen molar-refractivity contribution in [3.05, 3.63) is 162 Å². The Labute approximate surface area is 712 Å². The van der Waals surface area contributed by atoms with Crippen LogP contribution in [-0.4, -0.2) is 83.1 Å². The molecule has 0 saturated heterocycles. The zero-order valence-electron chi connectivity index (χ0n) is 72.0. The van der Waals surface area contributed by atoms with Gasteiger partial charge in [0, 0.05) is 104 Å². The number of aryl methyl sites for hydroxylation is 3. The van der Waals surface area contributed by atoms with E-state index >= 15 is 19.2 Å². The molecule has 7 aromatic heterocycles. The molecule has 11 aromatic rings. The fourth-order valence-corrected chi connectivity index (χ4v) is 23.6. The van der Waals surface area contributed by atoms with Crippen LogP contribution in [0.2, 0.25) is 0 Å². The summed E-state index contributed by atoms with van der Waals surface area (Å²) in [7, 11) is 0. The van der Waals surface area contributed by atoms with Crippen molar-refractivity contribution in [2.24, 2.45) is 23.7 Å². The predicted molar refractivity (Wildman–Crippen MR) is 501 cm³/mol. The largest absolute Gasteiger partial charge is 0.340 e. The number of rotatable bonds is 45. The highest BCUT2D eigenvalue weighted by Crippen LogP contribution is 2.55. The van der Waals surface area contributed by atoms with Crippen LogP contribution in [0, 0.1) is 23.7 Å². The van der Waals surface area contributed by atoms with Gasteiger partial charge in [0.25, 0.3) is 23.6 Å². The Morgan fingerprint density at radius 2 is 0.598 bits per heavy atom. The number of fused-ring (bicyclic) bond motifs is 14. The molecule has 15 rings (SSSR count). The third kappa shape index (κ3) is 16.0. The maximum Gasteiger partial charge on any atom is 0.261 e. The van der Waals surface area contributed by atoms with E-state index in [-0.39, 0.29) is 35.5 Å². The average Bonchev–Trinajstić information content (AvgIpc) is 1.52. The summed E-state index contributed by atoms with van der Waals surface area (Å²) < 4.78 is 8.22. The Hall–Kier alpha value is -8.08. The normalized spacial score (nSPS) is 15.9. The minimum atomic E-state index is -0.0370. The Morgan fingerprint density at radius 1 is 0.291 bits per heavy atom. The van der Waals surface area contributed by atoms with E-state index in [4.69, 9.17) is 0 Å². The number of benzene rings is 4. The Balaban J connectivity index is 0.955. The van der Waals surface area contributed by atoms with Crippen LogP contribution in [0.25, 0.3) is 109 Å². The lowest BCUT2D eigenvalue weighted by Crippen LogP contribution is -2.34. The highest BCUT2D eigenvalue weighted by Gasteiger charge is 2.52. The van der Waals surface area contributed by atoms with Crippen molar-refractivity contribution in [2.45, 2.75) is 276 Å². The minimum absolute atomic E-state index is 0.0370. The molecule has 0 radical (unpaired) electrons. The number of hydrogen-bond donors (Lipinski definition) is 0. The lowest BCUT2D eigenvalue weighted by Gasteiger charge is -2.29. The summed E-state index contributed by atoms with van der Waals surface area (Å²) in [5, 5.41) is 11.9. The molecular formula is C102H127N7O4S4. The molecule has 4 aliphatic rings. The van der Waals surface area contributed by atoms with Gasteiger partial charge in [-0.2, -0.15) is 0 Å². The molecular weight excluding hydrogens is 1520 g/mol. The lowest BCUT2D eigenvalue weighted by molar-refractivity contribution is -0.124. The molecule has 4 aliphatic heterocycles. The number of nitrogens with zero attached hydrogens (tertiary/aromatic N) is 7. The third-order valence-corrected chi connectivity index (χ3v) is 30.6. The van der Waals surface area contributed by atoms with Crippen LogP contribution in [0.5, 0.6) is 0 Å². The quantitative estimate of drug-likeness (QED) is 0.0355. The van der Waals surface area contributed by atoms with Gasteiger partial charge >= 0.3 is 0 Å². The van der Waals surface area contributed by atoms with Gasteiger partial charge in [0.15, 0.2) is 0 Å². The van der Waals surface area contributed by atoms with Crippen molar-refractivity contribution in [3.8, 4) is 20.9 Å². The maximum atomic E-state index is 15.8. The molecule has 4 unspecified atom stereocenters. The fourth-order valence-electron chi connectivity index (χ4n) is 19.9. The van der Waals surface area contributed by atoms with Crippen molar-refractivity contribution < 1.29 is 19.2 Å². The van der Waals surface area contributed by atoms with E-state index in [1.54, 1.807) is 45.3 Å². The fraction of sp³-hybridized carbons (Fsp3) is 0.490. The van der Waals surface area contributed by atoms with Gasteiger partial charge in [0.2, 0.25) is 0 Å². The second-order valence-electron chi connectivity index (χ2n) is 34.3. The van der Waals surface area contributed by atoms with Gasteiger partial charge in [-0.15, -0.1) is 45.3 Å². The second kappa shape index (κ2) is 38.1. The summed E-state index contributed by atoms with van der Waals surface area (Å²) in [6.45, 7) is 30.0. The lowest BCUT2D eigenvalue weighted by atomic mass is 9.98. The van der Waals surface area contributed by atoms with E-state index in [9.17, 15) is 0 Å². The van der Waals surface area contributed by atoms with E-state index in [2.05, 4.69) is 210 Å². The first kappa shape index (κ1) is 84.0. The predicted octanol–water partition coefficient (Wildman–Crippen LogP) is 28.8. The summed E-state index contributed by atoms with van der Waals surface area (Å²) in [5.41, 5.74) is 15.4. The zero-order chi connectivity index (χ0) is 81.5. The van der Waals surface area contributed by atoms with Crippen LogP contribution in [0.4, 0.5) is 0 Å². The van der Waals surface area contributed by atoms with Crippen LogP contribution < -0.4 is 0 Å². The van der Waals surface area contributed by atoms with E-state index < -0.39 is 0 Å². The highest BCUT2D eigenvalue weighted by molar-refractivity contribution is 7.17. The number of hydrogen-bond acceptors (Lipinski definition) is 8. The van der Waals surface area contributed by atoms with Crippen LogP contribution in [0.3, 0.4) is 0 Å². The molecule has 0 saturated carbocycles. The number of unbranched alkanes of at least 4 members (excludes halogenated alkanes) is 13. The van der Waals surface area contributed by atoms with Gasteiger partial charge in [-0.1, -0.05) is 253 Å². The molecule has 11 heterocycles. The SMILES string of the molecule is CCCCCCn1c2ccccc2c2c1c1c3cc(-c4ccc(C5=C6C(=O)N(CC(CC)CCCC)C(c7cccs7)=C6C(=O)N5CC(CC)CCCC)s4)ccc3n(CCCCCC)c1c1c3cc(-c4ccc(C5=C6C(=O)N(CC(CC)CCCC)C(c7cccs7)=C6C(=O)N5CC(CC)CCCC)s4)ccc3n(CCCCCC)c21. The smallest absolute Gasteiger partial charge is 0.261 e. The topological polar surface area (TPSA) is 96.0 Å². The first-order valence-corrected chi connectivity index (χ1v) is 49.2. The molecule has 15 heteroatoms. The number of para-hydroxylation sites is 1. The zero-order valence-corrected chi connectivity index (χ0v) is 75.3. The third-order valence-electron chi connectivity index (χ3n) is 26.6. The Morgan fingerprint density at radius 3 is 0.915 bits per heavy atom. The van der Waals surface area contributed by atoms with Crippen LogP contribution >= 0.6 is 45.3 Å². The molecule has 0 spiro atoms. The Bertz CT molecular complexity index is 5320. The van der Waals surface area contributed by atoms with E-state index in [0.29, 0.717) is 60.3 Å². The average molecular weight is 1640 g/mol. The van der Waals surface area contributed by atoms with Gasteiger partial charge < -0.3 is 33.3 Å². The van der Waals surface area contributed by atoms with Crippen LogP contribution in [0.1, 0.15) is 275 Å². The number of carbonyl (C=O) groups excluding carboxylic acids is 4. The summed E-state index contributed by atoms with van der Waals surface area (Å²) in [6, 6.07) is 41.3. The standard InChI is InChI=1S/C102H127N7O4S4/c1-12-23-30-35-56-103-76-45-34-33-44-73(76)85-96(103)86-75-62-72(80-53-55-84(117-80)95-91-89(100(111)109(95)66-70(22-11)43-29-18-7)93(82-47-39-60-115-82)107(102(91)113)64-68(20-9)41-27-16-5)49-51-78(75)105(58-37-32-25-14-3)98(86)87-74-61-71(48-50-77(74)104(97(85)87)57-36-31-24-13-2)79-52-54-83(116-79)94-90-88(99(110)108(94)65-69(21-10)42-28-17-6)92(81-46-38-59-114-81)106(101(90)112)63-67(19-8)40-26-15-4/h33-34,38-39,44-55,59-62,67-70H,12-32,35-37,40-43,56-58,63-66H2,1-11H3. The van der Waals surface area contributed by atoms with Crippen molar-refractivity contribution in [2.75, 3.05) is 26.2 Å². The summed E-state index contributed by atoms with van der Waals surface area (Å²) in [5.74, 6) is 1.07. The minimum Gasteiger partial charge on any atom is -0.340 e. The summed E-state index contributed by atoms with van der Waals surface area (Å²) in [4.78, 5) is 77.5. The van der Waals surface area contributed by atoms with Crippen molar-refractivity contribution in [1.29, 1.82) is 0 Å². The number of aromatic nitrogens is 3. The van der Waals surface area contributed by atoms with Crippen molar-refractivity contribution in [1.82, 2.24) is 33.3 Å². The first-order valence-electron chi connectivity index (χ1n) is 45.8. The highest BCUT2D eigenvalue weighted by atomic mass is 32.1. The van der Waals surface area contributed by atoms with Gasteiger partial charge in [0.1, 0.15) is 0 Å². The number of thiophene rings is 4. The molecule has 117 heavy (non-hydrogen) atoms. The number of amides is 4. The monoisotopic (exact) mass is 1640 g/mol. The summed E-state index contributed by atoms with van der Waals surface area (Å²) in [6.07, 6.45) is 30.4. The maximum absolute atomic E-state index is 15.8. The summed E-state index contributed by atoms with van der Waals surface area (Å²) >= 11 is 6.72. The molecule has 0 bridgehead atoms. The van der Waals surface area contributed by atoms with Gasteiger partial charge in [-0.05, 0) is 157 Å². The van der Waals surface area contributed by atoms with E-state index in [1.165, 1.54) is 84.7 Å². The van der Waals surface area contributed by atoms with E-state index in [0.717, 1.165) is 243 Å². The molecule has 0 fully saturated rings.